The van der Waals surface area contributed by atoms with Gasteiger partial charge in [0.2, 0.25) is 5.95 Å². The molecule has 0 amide bonds. The van der Waals surface area contributed by atoms with Crippen LogP contribution >= 0.6 is 11.6 Å². The summed E-state index contributed by atoms with van der Waals surface area (Å²) >= 11 is 5.93. The molecule has 1 aliphatic carbocycles. The summed E-state index contributed by atoms with van der Waals surface area (Å²) in [5.74, 6) is 1.21. The third kappa shape index (κ3) is 1.93. The molecule has 2 aromatic heterocycles. The van der Waals surface area contributed by atoms with E-state index in [2.05, 4.69) is 39.7 Å². The number of aromatic nitrogens is 3. The van der Waals surface area contributed by atoms with Gasteiger partial charge in [0.25, 0.3) is 0 Å². The minimum atomic E-state index is 0.557. The molecule has 1 N–H and O–H groups in total. The zero-order valence-electron chi connectivity index (χ0n) is 10.8. The molecule has 0 aliphatic heterocycles. The quantitative estimate of drug-likeness (QED) is 0.803. The summed E-state index contributed by atoms with van der Waals surface area (Å²) in [4.78, 5) is 4.42. The van der Waals surface area contributed by atoms with E-state index in [1.54, 1.807) is 10.7 Å². The number of anilines is 1. The van der Waals surface area contributed by atoms with Crippen LogP contribution < -0.4 is 5.32 Å². The van der Waals surface area contributed by atoms with Gasteiger partial charge in [0.1, 0.15) is 0 Å². The van der Waals surface area contributed by atoms with Crippen molar-refractivity contribution in [3.05, 3.63) is 58.7 Å². The molecule has 1 aliphatic rings. The number of benzene rings is 1. The Morgan fingerprint density at radius 3 is 3.05 bits per heavy atom. The predicted molar refractivity (Wildman–Crippen MR) is 79.4 cm³/mol. The fourth-order valence-electron chi connectivity index (χ4n) is 2.69. The molecule has 0 bridgehead atoms. The molecule has 0 saturated carbocycles. The molecule has 20 heavy (non-hydrogen) atoms. The number of fused-ring (bicyclic) bond motifs is 2. The molecule has 4 rings (SSSR count). The van der Waals surface area contributed by atoms with Crippen molar-refractivity contribution in [2.45, 2.75) is 12.3 Å². The van der Waals surface area contributed by atoms with Crippen LogP contribution in [-0.4, -0.2) is 21.1 Å². The van der Waals surface area contributed by atoms with Crippen molar-refractivity contribution in [3.63, 3.8) is 0 Å². The summed E-state index contributed by atoms with van der Waals surface area (Å²) in [6.07, 6.45) is 2.89. The van der Waals surface area contributed by atoms with Crippen molar-refractivity contribution in [2.75, 3.05) is 11.9 Å². The number of hydrogen-bond acceptors (Lipinski definition) is 3. The highest BCUT2D eigenvalue weighted by atomic mass is 35.5. The lowest BCUT2D eigenvalue weighted by atomic mass is 9.78. The number of nitrogens with one attached hydrogen (secondary N) is 1. The molecule has 3 aromatic rings. The summed E-state index contributed by atoms with van der Waals surface area (Å²) in [6.45, 7) is 0.863. The van der Waals surface area contributed by atoms with Gasteiger partial charge >= 0.3 is 0 Å². The molecule has 0 saturated heterocycles. The predicted octanol–water partition coefficient (Wildman–Crippen LogP) is 3.13. The van der Waals surface area contributed by atoms with E-state index in [1.807, 2.05) is 12.1 Å². The molecule has 100 valence electrons. The second-order valence-electron chi connectivity index (χ2n) is 5.07. The maximum atomic E-state index is 5.93. The maximum absolute atomic E-state index is 5.93. The van der Waals surface area contributed by atoms with Crippen molar-refractivity contribution >= 4 is 23.2 Å². The first-order chi connectivity index (χ1) is 9.79. The molecule has 0 fully saturated rings. The first-order valence-corrected chi connectivity index (χ1v) is 7.01. The number of halogens is 1. The van der Waals surface area contributed by atoms with Crippen LogP contribution in [0.15, 0.2) is 42.6 Å². The third-order valence-electron chi connectivity index (χ3n) is 3.76. The van der Waals surface area contributed by atoms with Gasteiger partial charge in [-0.1, -0.05) is 35.9 Å². The molecule has 0 spiro atoms. The van der Waals surface area contributed by atoms with Crippen LogP contribution in [0.5, 0.6) is 0 Å². The van der Waals surface area contributed by atoms with E-state index in [0.717, 1.165) is 18.6 Å². The Morgan fingerprint density at radius 2 is 2.15 bits per heavy atom. The average molecular weight is 285 g/mol. The Balaban J connectivity index is 1.49. The molecular weight excluding hydrogens is 272 g/mol. The summed E-state index contributed by atoms with van der Waals surface area (Å²) in [7, 11) is 0. The Labute approximate surface area is 121 Å². The minimum Gasteiger partial charge on any atom is -0.352 e. The number of hydrogen-bond donors (Lipinski definition) is 1. The van der Waals surface area contributed by atoms with E-state index in [9.17, 15) is 0 Å². The standard InChI is InChI=1S/C15H13ClN4/c16-12-5-6-14-18-15(19-20(14)9-12)17-8-11-7-10-3-1-2-4-13(10)11/h1-6,9,11H,7-8H2,(H,17,19). The minimum absolute atomic E-state index is 0.557. The SMILES string of the molecule is Clc1ccc2nc(NCC3Cc4ccccc43)nn2c1. The van der Waals surface area contributed by atoms with Crippen LogP contribution in [0.3, 0.4) is 0 Å². The van der Waals surface area contributed by atoms with E-state index in [4.69, 9.17) is 11.6 Å². The van der Waals surface area contributed by atoms with Gasteiger partial charge in [0.05, 0.1) is 5.02 Å². The number of nitrogens with zero attached hydrogens (tertiary/aromatic N) is 3. The number of pyridine rings is 1. The zero-order valence-corrected chi connectivity index (χ0v) is 11.5. The summed E-state index contributed by atoms with van der Waals surface area (Å²) in [5, 5.41) is 8.33. The lowest BCUT2D eigenvalue weighted by Gasteiger charge is -2.29. The lowest BCUT2D eigenvalue weighted by molar-refractivity contribution is 0.633. The fourth-order valence-corrected chi connectivity index (χ4v) is 2.85. The van der Waals surface area contributed by atoms with Gasteiger partial charge in [-0.25, -0.2) is 4.52 Å². The Bertz CT molecular complexity index is 780. The van der Waals surface area contributed by atoms with Crippen LogP contribution in [0.1, 0.15) is 17.0 Å². The van der Waals surface area contributed by atoms with Gasteiger partial charge in [0.15, 0.2) is 5.65 Å². The Morgan fingerprint density at radius 1 is 1.25 bits per heavy atom. The molecule has 1 atom stereocenters. The summed E-state index contributed by atoms with van der Waals surface area (Å²) in [5.41, 5.74) is 3.69. The van der Waals surface area contributed by atoms with Crippen LogP contribution in [0, 0.1) is 0 Å². The average Bonchev–Trinajstić information content (AvgIpc) is 2.81. The molecule has 1 aromatic carbocycles. The number of rotatable bonds is 3. The van der Waals surface area contributed by atoms with Gasteiger partial charge < -0.3 is 5.32 Å². The van der Waals surface area contributed by atoms with Gasteiger partial charge in [0, 0.05) is 18.7 Å². The van der Waals surface area contributed by atoms with Crippen LogP contribution in [0.4, 0.5) is 5.95 Å². The largest absolute Gasteiger partial charge is 0.352 e. The van der Waals surface area contributed by atoms with Crippen molar-refractivity contribution < 1.29 is 0 Å². The topological polar surface area (TPSA) is 42.2 Å². The van der Waals surface area contributed by atoms with E-state index in [1.165, 1.54) is 11.1 Å². The molecular formula is C15H13ClN4. The van der Waals surface area contributed by atoms with Gasteiger partial charge in [-0.3, -0.25) is 0 Å². The van der Waals surface area contributed by atoms with Crippen LogP contribution in [0.25, 0.3) is 5.65 Å². The van der Waals surface area contributed by atoms with E-state index >= 15 is 0 Å². The normalized spacial score (nSPS) is 16.8. The lowest BCUT2D eigenvalue weighted by Crippen LogP contribution is -2.24. The van der Waals surface area contributed by atoms with Crippen LogP contribution in [0.2, 0.25) is 5.02 Å². The first kappa shape index (κ1) is 11.7. The highest BCUT2D eigenvalue weighted by Gasteiger charge is 2.25. The molecule has 0 radical (unpaired) electrons. The van der Waals surface area contributed by atoms with Crippen LogP contribution in [-0.2, 0) is 6.42 Å². The molecule has 4 nitrogen and oxygen atoms in total. The van der Waals surface area contributed by atoms with E-state index in [0.29, 0.717) is 16.9 Å². The van der Waals surface area contributed by atoms with E-state index in [-0.39, 0.29) is 0 Å². The van der Waals surface area contributed by atoms with Crippen molar-refractivity contribution in [1.82, 2.24) is 14.6 Å². The molecule has 2 heterocycles. The summed E-state index contributed by atoms with van der Waals surface area (Å²) in [6, 6.07) is 12.3. The highest BCUT2D eigenvalue weighted by Crippen LogP contribution is 2.34. The molecule has 5 heteroatoms. The Kier molecular flexibility index (Phi) is 2.63. The van der Waals surface area contributed by atoms with Gasteiger partial charge in [-0.15, -0.1) is 5.10 Å². The smallest absolute Gasteiger partial charge is 0.243 e. The second kappa shape index (κ2) is 4.49. The Hall–Kier alpha value is -2.07. The van der Waals surface area contributed by atoms with Gasteiger partial charge in [-0.2, -0.15) is 4.98 Å². The van der Waals surface area contributed by atoms with Gasteiger partial charge in [-0.05, 0) is 29.7 Å². The first-order valence-electron chi connectivity index (χ1n) is 6.63. The maximum Gasteiger partial charge on any atom is 0.243 e. The highest BCUT2D eigenvalue weighted by molar-refractivity contribution is 6.30. The second-order valence-corrected chi connectivity index (χ2v) is 5.50. The molecule has 1 unspecified atom stereocenters. The van der Waals surface area contributed by atoms with Crippen molar-refractivity contribution in [3.8, 4) is 0 Å². The van der Waals surface area contributed by atoms with E-state index < -0.39 is 0 Å². The zero-order chi connectivity index (χ0) is 13.5. The fraction of sp³-hybridized carbons (Fsp3) is 0.200. The van der Waals surface area contributed by atoms with Crippen molar-refractivity contribution in [1.29, 1.82) is 0 Å². The summed E-state index contributed by atoms with van der Waals surface area (Å²) < 4.78 is 1.69. The monoisotopic (exact) mass is 284 g/mol. The third-order valence-corrected chi connectivity index (χ3v) is 3.99. The van der Waals surface area contributed by atoms with Crippen molar-refractivity contribution in [2.24, 2.45) is 0 Å².